The molecule has 0 saturated carbocycles. The van der Waals surface area contributed by atoms with Crippen molar-refractivity contribution in [1.29, 1.82) is 0 Å². The number of thiazole rings is 1. The minimum absolute atomic E-state index is 0.627. The van der Waals surface area contributed by atoms with Gasteiger partial charge in [-0.1, -0.05) is 0 Å². The monoisotopic (exact) mass is 353 g/mol. The van der Waals surface area contributed by atoms with Gasteiger partial charge in [0, 0.05) is 42.8 Å². The SMILES string of the molecule is ClNCc1cnc(-c2ccc(OCCN3CCOCC3)cc2)s1. The molecule has 0 amide bonds. The van der Waals surface area contributed by atoms with Crippen LogP contribution < -0.4 is 9.57 Å². The van der Waals surface area contributed by atoms with Gasteiger partial charge in [-0.05, 0) is 36.0 Å². The molecule has 1 aliphatic heterocycles. The number of hydrogen-bond donors (Lipinski definition) is 1. The van der Waals surface area contributed by atoms with Crippen LogP contribution in [-0.2, 0) is 11.3 Å². The van der Waals surface area contributed by atoms with Crippen molar-refractivity contribution in [2.24, 2.45) is 0 Å². The summed E-state index contributed by atoms with van der Waals surface area (Å²) in [5.74, 6) is 0.890. The molecule has 1 aliphatic rings. The number of nitrogens with one attached hydrogen (secondary N) is 1. The van der Waals surface area contributed by atoms with Gasteiger partial charge in [-0.3, -0.25) is 4.90 Å². The molecule has 1 aromatic heterocycles. The van der Waals surface area contributed by atoms with E-state index in [1.807, 2.05) is 30.5 Å². The summed E-state index contributed by atoms with van der Waals surface area (Å²) in [5, 5.41) is 0.992. The summed E-state index contributed by atoms with van der Waals surface area (Å²) in [6, 6.07) is 8.08. The van der Waals surface area contributed by atoms with Gasteiger partial charge in [0.1, 0.15) is 17.4 Å². The lowest BCUT2D eigenvalue weighted by molar-refractivity contribution is 0.0322. The summed E-state index contributed by atoms with van der Waals surface area (Å²) in [5.41, 5.74) is 1.09. The molecule has 0 bridgehead atoms. The van der Waals surface area contributed by atoms with Crippen LogP contribution in [0.15, 0.2) is 30.5 Å². The van der Waals surface area contributed by atoms with E-state index in [2.05, 4.69) is 14.7 Å². The van der Waals surface area contributed by atoms with E-state index in [-0.39, 0.29) is 0 Å². The summed E-state index contributed by atoms with van der Waals surface area (Å²) >= 11 is 7.15. The fourth-order valence-corrected chi connectivity index (χ4v) is 3.48. The summed E-state index contributed by atoms with van der Waals surface area (Å²) in [7, 11) is 0. The van der Waals surface area contributed by atoms with Gasteiger partial charge < -0.3 is 9.47 Å². The molecule has 1 N–H and O–H groups in total. The zero-order valence-corrected chi connectivity index (χ0v) is 14.4. The molecule has 1 saturated heterocycles. The van der Waals surface area contributed by atoms with Crippen LogP contribution in [0.1, 0.15) is 4.88 Å². The minimum Gasteiger partial charge on any atom is -0.492 e. The number of halogens is 1. The Balaban J connectivity index is 1.50. The Labute approximate surface area is 145 Å². The third kappa shape index (κ3) is 4.89. The van der Waals surface area contributed by atoms with Gasteiger partial charge in [0.25, 0.3) is 0 Å². The second-order valence-electron chi connectivity index (χ2n) is 5.27. The van der Waals surface area contributed by atoms with Crippen LogP contribution in [-0.4, -0.2) is 49.3 Å². The smallest absolute Gasteiger partial charge is 0.123 e. The van der Waals surface area contributed by atoms with Gasteiger partial charge in [-0.15, -0.1) is 11.3 Å². The molecular formula is C16H20ClN3O2S. The molecule has 5 nitrogen and oxygen atoms in total. The highest BCUT2D eigenvalue weighted by Crippen LogP contribution is 2.26. The number of rotatable bonds is 7. The van der Waals surface area contributed by atoms with E-state index in [0.29, 0.717) is 13.2 Å². The Morgan fingerprint density at radius 3 is 2.78 bits per heavy atom. The van der Waals surface area contributed by atoms with Crippen molar-refractivity contribution >= 4 is 23.1 Å². The Hall–Kier alpha value is -1.18. The first-order valence-corrected chi connectivity index (χ1v) is 8.86. The van der Waals surface area contributed by atoms with Gasteiger partial charge in [-0.2, -0.15) is 0 Å². The van der Waals surface area contributed by atoms with Crippen LogP contribution in [0.2, 0.25) is 0 Å². The molecule has 2 heterocycles. The zero-order chi connectivity index (χ0) is 15.9. The average molecular weight is 354 g/mol. The Bertz CT molecular complexity index is 600. The molecule has 0 unspecified atom stereocenters. The summed E-state index contributed by atoms with van der Waals surface area (Å²) in [6.07, 6.45) is 1.85. The first-order valence-electron chi connectivity index (χ1n) is 7.67. The Morgan fingerprint density at radius 2 is 2.04 bits per heavy atom. The lowest BCUT2D eigenvalue weighted by Crippen LogP contribution is -2.38. The topological polar surface area (TPSA) is 46.6 Å². The molecule has 23 heavy (non-hydrogen) atoms. The predicted octanol–water partition coefficient (Wildman–Crippen LogP) is 2.76. The van der Waals surface area contributed by atoms with Crippen LogP contribution in [0.4, 0.5) is 0 Å². The standard InChI is InChI=1S/C16H20ClN3O2S/c17-19-12-15-11-18-16(23-15)13-1-3-14(4-2-13)22-10-7-20-5-8-21-9-6-20/h1-4,11,19H,5-10,12H2. The van der Waals surface area contributed by atoms with Crippen LogP contribution in [0.25, 0.3) is 10.6 Å². The van der Waals surface area contributed by atoms with Crippen molar-refractivity contribution in [3.63, 3.8) is 0 Å². The van der Waals surface area contributed by atoms with E-state index in [0.717, 1.165) is 54.0 Å². The van der Waals surface area contributed by atoms with Crippen LogP contribution in [0.5, 0.6) is 5.75 Å². The van der Waals surface area contributed by atoms with Crippen LogP contribution >= 0.6 is 23.1 Å². The number of aromatic nitrogens is 1. The molecule has 0 spiro atoms. The highest BCUT2D eigenvalue weighted by molar-refractivity contribution is 7.15. The maximum absolute atomic E-state index is 5.82. The summed E-state index contributed by atoms with van der Waals surface area (Å²) < 4.78 is 11.2. The molecule has 2 aromatic rings. The van der Waals surface area contributed by atoms with Gasteiger partial charge in [-0.25, -0.2) is 9.82 Å². The molecular weight excluding hydrogens is 334 g/mol. The molecule has 1 aromatic carbocycles. The number of morpholine rings is 1. The van der Waals surface area contributed by atoms with Crippen molar-refractivity contribution in [1.82, 2.24) is 14.7 Å². The van der Waals surface area contributed by atoms with Crippen molar-refractivity contribution in [2.45, 2.75) is 6.54 Å². The molecule has 0 aliphatic carbocycles. The normalized spacial score (nSPS) is 15.7. The fourth-order valence-electron chi connectivity index (χ4n) is 2.40. The van der Waals surface area contributed by atoms with E-state index in [4.69, 9.17) is 21.3 Å². The third-order valence-corrected chi connectivity index (χ3v) is 4.86. The zero-order valence-electron chi connectivity index (χ0n) is 12.8. The predicted molar refractivity (Wildman–Crippen MR) is 93.0 cm³/mol. The highest BCUT2D eigenvalue weighted by atomic mass is 35.5. The second kappa shape index (κ2) is 8.61. The number of nitrogens with zero attached hydrogens (tertiary/aromatic N) is 2. The summed E-state index contributed by atoms with van der Waals surface area (Å²) in [6.45, 7) is 5.89. The van der Waals surface area contributed by atoms with Crippen molar-refractivity contribution in [3.8, 4) is 16.3 Å². The second-order valence-corrected chi connectivity index (χ2v) is 6.65. The maximum atomic E-state index is 5.82. The molecule has 3 rings (SSSR count). The van der Waals surface area contributed by atoms with Gasteiger partial charge in [0.2, 0.25) is 0 Å². The van der Waals surface area contributed by atoms with Crippen molar-refractivity contribution in [3.05, 3.63) is 35.3 Å². The Morgan fingerprint density at radius 1 is 1.26 bits per heavy atom. The highest BCUT2D eigenvalue weighted by Gasteiger charge is 2.10. The number of benzene rings is 1. The van der Waals surface area contributed by atoms with E-state index in [1.54, 1.807) is 11.3 Å². The largest absolute Gasteiger partial charge is 0.492 e. The molecule has 124 valence electrons. The van der Waals surface area contributed by atoms with Crippen LogP contribution in [0, 0.1) is 0 Å². The average Bonchev–Trinajstić information content (AvgIpc) is 3.06. The first kappa shape index (κ1) is 16.7. The van der Waals surface area contributed by atoms with Gasteiger partial charge in [0.05, 0.1) is 13.2 Å². The maximum Gasteiger partial charge on any atom is 0.123 e. The van der Waals surface area contributed by atoms with Crippen molar-refractivity contribution in [2.75, 3.05) is 39.5 Å². The van der Waals surface area contributed by atoms with Gasteiger partial charge >= 0.3 is 0 Å². The lowest BCUT2D eigenvalue weighted by Gasteiger charge is -2.26. The summed E-state index contributed by atoms with van der Waals surface area (Å²) in [4.78, 5) is 10.5. The van der Waals surface area contributed by atoms with E-state index in [1.165, 1.54) is 0 Å². The third-order valence-electron chi connectivity index (χ3n) is 3.68. The van der Waals surface area contributed by atoms with E-state index in [9.17, 15) is 0 Å². The molecule has 1 fully saturated rings. The number of ether oxygens (including phenoxy) is 2. The van der Waals surface area contributed by atoms with Gasteiger partial charge in [0.15, 0.2) is 0 Å². The first-order chi connectivity index (χ1) is 11.3. The number of hydrogen-bond acceptors (Lipinski definition) is 6. The molecule has 7 heteroatoms. The van der Waals surface area contributed by atoms with Crippen LogP contribution in [0.3, 0.4) is 0 Å². The molecule has 0 atom stereocenters. The quantitative estimate of drug-likeness (QED) is 0.775. The fraction of sp³-hybridized carbons (Fsp3) is 0.438. The van der Waals surface area contributed by atoms with E-state index < -0.39 is 0 Å². The molecule has 0 radical (unpaired) electrons. The van der Waals surface area contributed by atoms with E-state index >= 15 is 0 Å². The van der Waals surface area contributed by atoms with Crippen molar-refractivity contribution < 1.29 is 9.47 Å². The Kier molecular flexibility index (Phi) is 6.24. The minimum atomic E-state index is 0.627. The lowest BCUT2D eigenvalue weighted by atomic mass is 10.2.